The molecule has 0 N–H and O–H groups in total. The van der Waals surface area contributed by atoms with Crippen LogP contribution in [0.15, 0.2) is 53.4 Å². The molecule has 1 unspecified atom stereocenters. The molecule has 1 atom stereocenters. The van der Waals surface area contributed by atoms with Crippen LogP contribution in [0.1, 0.15) is 26.9 Å². The van der Waals surface area contributed by atoms with Crippen molar-refractivity contribution in [3.63, 3.8) is 0 Å². The zero-order valence-corrected chi connectivity index (χ0v) is 15.8. The molecule has 26 heavy (non-hydrogen) atoms. The smallest absolute Gasteiger partial charge is 0.337 e. The number of carbonyl (C=O) groups excluding carboxylic acids is 2. The molecule has 1 aliphatic heterocycles. The highest BCUT2D eigenvalue weighted by molar-refractivity contribution is 8.02. The molecule has 1 amide bonds. The lowest BCUT2D eigenvalue weighted by Crippen LogP contribution is -2.34. The van der Waals surface area contributed by atoms with Crippen LogP contribution in [0.2, 0.25) is 0 Å². The van der Waals surface area contributed by atoms with E-state index in [4.69, 9.17) is 0 Å². The highest BCUT2D eigenvalue weighted by Gasteiger charge is 2.42. The molecule has 8 heteroatoms. The van der Waals surface area contributed by atoms with Crippen LogP contribution in [0.4, 0.5) is 0 Å². The summed E-state index contributed by atoms with van der Waals surface area (Å²) in [4.78, 5) is 23.8. The summed E-state index contributed by atoms with van der Waals surface area (Å²) in [5.74, 6) is -0.922. The predicted octanol–water partition coefficient (Wildman–Crippen LogP) is 2.74. The van der Waals surface area contributed by atoms with E-state index in [9.17, 15) is 18.0 Å². The first-order chi connectivity index (χ1) is 12.3. The molecule has 136 valence electrons. The van der Waals surface area contributed by atoms with Crippen molar-refractivity contribution in [1.82, 2.24) is 4.31 Å². The van der Waals surface area contributed by atoms with E-state index in [1.807, 2.05) is 31.2 Å². The molecule has 0 saturated carbocycles. The molecule has 3 rings (SSSR count). The topological polar surface area (TPSA) is 80.8 Å². The molecule has 0 aromatic heterocycles. The summed E-state index contributed by atoms with van der Waals surface area (Å²) in [7, 11) is -2.78. The van der Waals surface area contributed by atoms with Gasteiger partial charge in [0, 0.05) is 0 Å². The molecule has 1 fully saturated rings. The standard InChI is InChI=1S/C18H17NO5S2/c1-12-3-5-13(6-4-12)17-19(16(20)11-25-17)26(22,23)15-9-7-14(8-10-15)18(21)24-2/h3-10,17H,11H2,1-2H3. The lowest BCUT2D eigenvalue weighted by atomic mass is 10.1. The Morgan fingerprint density at radius 1 is 1.12 bits per heavy atom. The van der Waals surface area contributed by atoms with Crippen LogP contribution in [0.3, 0.4) is 0 Å². The van der Waals surface area contributed by atoms with Crippen molar-refractivity contribution in [2.24, 2.45) is 0 Å². The van der Waals surface area contributed by atoms with Crippen molar-refractivity contribution in [2.75, 3.05) is 12.9 Å². The Hall–Kier alpha value is -2.32. The van der Waals surface area contributed by atoms with Gasteiger partial charge in [0.25, 0.3) is 10.0 Å². The molecule has 0 aliphatic carbocycles. The number of rotatable bonds is 4. The van der Waals surface area contributed by atoms with Crippen molar-refractivity contribution in [3.05, 3.63) is 65.2 Å². The van der Waals surface area contributed by atoms with E-state index in [0.717, 1.165) is 15.4 Å². The van der Waals surface area contributed by atoms with E-state index in [-0.39, 0.29) is 16.2 Å². The number of carbonyl (C=O) groups is 2. The molecule has 2 aromatic rings. The average Bonchev–Trinajstić information content (AvgIpc) is 3.04. The monoisotopic (exact) mass is 391 g/mol. The van der Waals surface area contributed by atoms with Crippen molar-refractivity contribution < 1.29 is 22.7 Å². The molecule has 1 aliphatic rings. The highest BCUT2D eigenvalue weighted by Crippen LogP contribution is 2.42. The van der Waals surface area contributed by atoms with Gasteiger partial charge in [0.1, 0.15) is 5.37 Å². The Bertz CT molecular complexity index is 937. The SMILES string of the molecule is COC(=O)c1ccc(S(=O)(=O)N2C(=O)CSC2c2ccc(C)cc2)cc1. The largest absolute Gasteiger partial charge is 0.465 e. The van der Waals surface area contributed by atoms with Crippen molar-refractivity contribution in [1.29, 1.82) is 0 Å². The number of methoxy groups -OCH3 is 1. The maximum atomic E-state index is 13.0. The van der Waals surface area contributed by atoms with Gasteiger partial charge >= 0.3 is 5.97 Å². The molecular weight excluding hydrogens is 374 g/mol. The number of sulfonamides is 1. The van der Waals surface area contributed by atoms with Gasteiger partial charge in [-0.3, -0.25) is 4.79 Å². The number of amides is 1. The Kier molecular flexibility index (Phi) is 5.06. The maximum Gasteiger partial charge on any atom is 0.337 e. The third-order valence-corrected chi connectivity index (χ3v) is 7.16. The van der Waals surface area contributed by atoms with Gasteiger partial charge in [-0.2, -0.15) is 0 Å². The highest BCUT2D eigenvalue weighted by atomic mass is 32.2. The number of ether oxygens (including phenoxy) is 1. The van der Waals surface area contributed by atoms with Crippen LogP contribution in [0.25, 0.3) is 0 Å². The van der Waals surface area contributed by atoms with Crippen LogP contribution in [0, 0.1) is 6.92 Å². The van der Waals surface area contributed by atoms with E-state index in [0.29, 0.717) is 0 Å². The fourth-order valence-electron chi connectivity index (χ4n) is 2.63. The molecule has 0 spiro atoms. The van der Waals surface area contributed by atoms with Gasteiger partial charge in [-0.05, 0) is 36.8 Å². The van der Waals surface area contributed by atoms with Crippen molar-refractivity contribution in [2.45, 2.75) is 17.2 Å². The van der Waals surface area contributed by atoms with Crippen LogP contribution in [-0.2, 0) is 19.6 Å². The normalized spacial score (nSPS) is 17.4. The second-order valence-corrected chi connectivity index (χ2v) is 8.67. The minimum absolute atomic E-state index is 0.0434. The summed E-state index contributed by atoms with van der Waals surface area (Å²) in [5, 5.41) is -0.603. The zero-order chi connectivity index (χ0) is 18.9. The quantitative estimate of drug-likeness (QED) is 0.746. The third kappa shape index (κ3) is 3.34. The lowest BCUT2D eigenvalue weighted by molar-refractivity contribution is -0.123. The minimum Gasteiger partial charge on any atom is -0.465 e. The maximum absolute atomic E-state index is 13.0. The molecule has 1 heterocycles. The summed E-state index contributed by atoms with van der Waals surface area (Å²) >= 11 is 1.27. The van der Waals surface area contributed by atoms with Crippen LogP contribution in [0.5, 0.6) is 0 Å². The van der Waals surface area contributed by atoms with E-state index in [2.05, 4.69) is 4.74 Å². The summed E-state index contributed by atoms with van der Waals surface area (Å²) < 4.78 is 31.6. The summed E-state index contributed by atoms with van der Waals surface area (Å²) in [6, 6.07) is 12.8. The Labute approximate surface area is 156 Å². The first-order valence-electron chi connectivity index (χ1n) is 7.78. The number of nitrogens with zero attached hydrogens (tertiary/aromatic N) is 1. The molecule has 0 radical (unpaired) electrons. The number of hydrogen-bond acceptors (Lipinski definition) is 6. The first-order valence-corrected chi connectivity index (χ1v) is 10.3. The van der Waals surface area contributed by atoms with E-state index in [1.165, 1.54) is 43.1 Å². The number of benzene rings is 2. The van der Waals surface area contributed by atoms with Crippen LogP contribution >= 0.6 is 11.8 Å². The second kappa shape index (κ2) is 7.13. The van der Waals surface area contributed by atoms with Crippen molar-refractivity contribution >= 4 is 33.7 Å². The molecule has 6 nitrogen and oxygen atoms in total. The summed E-state index contributed by atoms with van der Waals surface area (Å²) in [5.41, 5.74) is 2.04. The van der Waals surface area contributed by atoms with Gasteiger partial charge in [0.05, 0.1) is 23.3 Å². The molecular formula is C18H17NO5S2. The number of esters is 1. The predicted molar refractivity (Wildman–Crippen MR) is 98.2 cm³/mol. The second-order valence-electron chi connectivity index (χ2n) is 5.78. The number of hydrogen-bond donors (Lipinski definition) is 0. The van der Waals surface area contributed by atoms with E-state index < -0.39 is 27.3 Å². The van der Waals surface area contributed by atoms with Gasteiger partial charge in [0.15, 0.2) is 0 Å². The van der Waals surface area contributed by atoms with Crippen LogP contribution < -0.4 is 0 Å². The van der Waals surface area contributed by atoms with Gasteiger partial charge in [-0.25, -0.2) is 17.5 Å². The zero-order valence-electron chi connectivity index (χ0n) is 14.2. The van der Waals surface area contributed by atoms with Gasteiger partial charge in [0.2, 0.25) is 5.91 Å². The minimum atomic E-state index is -4.03. The molecule has 0 bridgehead atoms. The van der Waals surface area contributed by atoms with Gasteiger partial charge in [-0.15, -0.1) is 11.8 Å². The molecule has 1 saturated heterocycles. The Balaban J connectivity index is 1.97. The Morgan fingerprint density at radius 2 is 1.73 bits per heavy atom. The fourth-order valence-corrected chi connectivity index (χ4v) is 5.69. The average molecular weight is 391 g/mol. The fraction of sp³-hybridized carbons (Fsp3) is 0.222. The van der Waals surface area contributed by atoms with Gasteiger partial charge < -0.3 is 4.74 Å². The first kappa shape index (κ1) is 18.5. The summed E-state index contributed by atoms with van der Waals surface area (Å²) in [6.45, 7) is 1.94. The number of aryl methyl sites for hydroxylation is 1. The summed E-state index contributed by atoms with van der Waals surface area (Å²) in [6.07, 6.45) is 0. The van der Waals surface area contributed by atoms with Crippen LogP contribution in [-0.4, -0.2) is 37.5 Å². The third-order valence-electron chi connectivity index (χ3n) is 4.02. The lowest BCUT2D eigenvalue weighted by Gasteiger charge is -2.24. The van der Waals surface area contributed by atoms with E-state index >= 15 is 0 Å². The molecule has 2 aromatic carbocycles. The van der Waals surface area contributed by atoms with Gasteiger partial charge in [-0.1, -0.05) is 29.8 Å². The Morgan fingerprint density at radius 3 is 2.31 bits per heavy atom. The van der Waals surface area contributed by atoms with Crippen molar-refractivity contribution in [3.8, 4) is 0 Å². The van der Waals surface area contributed by atoms with E-state index in [1.54, 1.807) is 0 Å². The number of thioether (sulfide) groups is 1.